The molecule has 0 aliphatic carbocycles. The lowest BCUT2D eigenvalue weighted by molar-refractivity contribution is 0.128. The molecule has 0 fully saturated rings. The van der Waals surface area contributed by atoms with E-state index in [1.54, 1.807) is 26.3 Å². The summed E-state index contributed by atoms with van der Waals surface area (Å²) in [6.07, 6.45) is 1.07. The average Bonchev–Trinajstić information content (AvgIpc) is 2.56. The summed E-state index contributed by atoms with van der Waals surface area (Å²) in [5, 5.41) is 6.40. The van der Waals surface area contributed by atoms with Gasteiger partial charge in [0.05, 0.1) is 13.2 Å². The summed E-state index contributed by atoms with van der Waals surface area (Å²) < 4.78 is 24.1. The summed E-state index contributed by atoms with van der Waals surface area (Å²) in [6, 6.07) is 5.02. The number of methoxy groups -OCH3 is 1. The van der Waals surface area contributed by atoms with Crippen molar-refractivity contribution in [3.63, 3.8) is 0 Å². The van der Waals surface area contributed by atoms with E-state index in [-0.39, 0.29) is 36.4 Å². The molecule has 0 radical (unpaired) electrons. The summed E-state index contributed by atoms with van der Waals surface area (Å²) in [7, 11) is 3.27. The van der Waals surface area contributed by atoms with Crippen molar-refractivity contribution in [2.75, 3.05) is 33.9 Å². The number of nitrogens with zero attached hydrogens (tertiary/aromatic N) is 1. The Balaban J connectivity index is 0.00000576. The number of guanidine groups is 1. The molecule has 0 spiro atoms. The maximum Gasteiger partial charge on any atom is 0.191 e. The van der Waals surface area contributed by atoms with Crippen LogP contribution in [0.2, 0.25) is 0 Å². The van der Waals surface area contributed by atoms with Gasteiger partial charge in [0.2, 0.25) is 0 Å². The molecule has 0 atom stereocenters. The number of benzene rings is 1. The molecule has 0 aliphatic heterocycles. The van der Waals surface area contributed by atoms with E-state index in [1.807, 2.05) is 0 Å². The molecule has 0 heterocycles. The van der Waals surface area contributed by atoms with Crippen LogP contribution in [0.4, 0.5) is 4.39 Å². The molecule has 1 rings (SSSR count). The van der Waals surface area contributed by atoms with Crippen molar-refractivity contribution in [3.8, 4) is 0 Å². The molecule has 2 N–H and O–H groups in total. The number of halogens is 2. The number of rotatable bonds is 10. The van der Waals surface area contributed by atoms with E-state index in [1.165, 1.54) is 6.07 Å². The molecule has 0 aliphatic rings. The van der Waals surface area contributed by atoms with Crippen molar-refractivity contribution in [3.05, 3.63) is 35.1 Å². The number of aliphatic imine (C=N–C) groups is 1. The molecule has 25 heavy (non-hydrogen) atoms. The normalized spacial score (nSPS) is 11.4. The van der Waals surface area contributed by atoms with Crippen LogP contribution in [-0.4, -0.2) is 39.9 Å². The largest absolute Gasteiger partial charge is 0.380 e. The molecule has 0 amide bonds. The van der Waals surface area contributed by atoms with Gasteiger partial charge in [-0.2, -0.15) is 0 Å². The fraction of sp³-hybridized carbons (Fsp3) is 0.611. The van der Waals surface area contributed by atoms with Crippen LogP contribution in [0.15, 0.2) is 23.2 Å². The van der Waals surface area contributed by atoms with Gasteiger partial charge in [-0.15, -0.1) is 24.0 Å². The first kappa shape index (κ1) is 24.1. The van der Waals surface area contributed by atoms with Crippen molar-refractivity contribution < 1.29 is 13.9 Å². The van der Waals surface area contributed by atoms with E-state index >= 15 is 0 Å². The van der Waals surface area contributed by atoms with Crippen LogP contribution in [0.25, 0.3) is 0 Å². The van der Waals surface area contributed by atoms with Crippen LogP contribution in [-0.2, 0) is 22.6 Å². The topological polar surface area (TPSA) is 54.9 Å². The maximum absolute atomic E-state index is 13.6. The minimum atomic E-state index is -0.248. The molecule has 7 heteroatoms. The molecule has 1 aromatic rings. The van der Waals surface area contributed by atoms with Crippen LogP contribution in [0.3, 0.4) is 0 Å². The van der Waals surface area contributed by atoms with E-state index in [0.717, 1.165) is 18.6 Å². The maximum atomic E-state index is 13.6. The molecule has 144 valence electrons. The van der Waals surface area contributed by atoms with Gasteiger partial charge in [-0.05, 0) is 30.0 Å². The highest BCUT2D eigenvalue weighted by Crippen LogP contribution is 2.11. The number of ether oxygens (including phenoxy) is 2. The second kappa shape index (κ2) is 14.3. The second-order valence-electron chi connectivity index (χ2n) is 6.01. The molecule has 0 bridgehead atoms. The Morgan fingerprint density at radius 2 is 2.00 bits per heavy atom. The summed E-state index contributed by atoms with van der Waals surface area (Å²) in [5.74, 6) is 1.10. The van der Waals surface area contributed by atoms with Gasteiger partial charge in [0, 0.05) is 39.4 Å². The van der Waals surface area contributed by atoms with E-state index in [4.69, 9.17) is 9.47 Å². The Kier molecular flexibility index (Phi) is 13.7. The van der Waals surface area contributed by atoms with Crippen LogP contribution >= 0.6 is 24.0 Å². The lowest BCUT2D eigenvalue weighted by Crippen LogP contribution is -2.38. The molecule has 0 aromatic heterocycles. The first-order chi connectivity index (χ1) is 11.6. The number of hydrogen-bond donors (Lipinski definition) is 2. The van der Waals surface area contributed by atoms with Gasteiger partial charge in [0.15, 0.2) is 5.96 Å². The van der Waals surface area contributed by atoms with E-state index < -0.39 is 0 Å². The summed E-state index contributed by atoms with van der Waals surface area (Å²) >= 11 is 0. The lowest BCUT2D eigenvalue weighted by atomic mass is 10.1. The zero-order chi connectivity index (χ0) is 17.8. The van der Waals surface area contributed by atoms with Crippen LogP contribution < -0.4 is 10.6 Å². The van der Waals surface area contributed by atoms with Crippen LogP contribution in [0, 0.1) is 11.7 Å². The molecular formula is C18H31FIN3O2. The summed E-state index contributed by atoms with van der Waals surface area (Å²) in [6.45, 7) is 7.30. The average molecular weight is 467 g/mol. The van der Waals surface area contributed by atoms with Crippen molar-refractivity contribution in [1.82, 2.24) is 10.6 Å². The smallest absolute Gasteiger partial charge is 0.191 e. The minimum absolute atomic E-state index is 0. The molecule has 0 unspecified atom stereocenters. The first-order valence-electron chi connectivity index (χ1n) is 8.35. The first-order valence-corrected chi connectivity index (χ1v) is 8.35. The molecular weight excluding hydrogens is 436 g/mol. The predicted molar refractivity (Wildman–Crippen MR) is 111 cm³/mol. The molecule has 5 nitrogen and oxygen atoms in total. The van der Waals surface area contributed by atoms with Gasteiger partial charge in [0.1, 0.15) is 5.82 Å². The highest BCUT2D eigenvalue weighted by Gasteiger charge is 2.04. The Morgan fingerprint density at radius 1 is 1.24 bits per heavy atom. The third kappa shape index (κ3) is 10.6. The van der Waals surface area contributed by atoms with Gasteiger partial charge in [-0.25, -0.2) is 4.39 Å². The highest BCUT2D eigenvalue weighted by molar-refractivity contribution is 14.0. The monoisotopic (exact) mass is 467 g/mol. The summed E-state index contributed by atoms with van der Waals surface area (Å²) in [4.78, 5) is 4.17. The van der Waals surface area contributed by atoms with Crippen molar-refractivity contribution in [1.29, 1.82) is 0 Å². The quantitative estimate of drug-likeness (QED) is 0.240. The fourth-order valence-electron chi connectivity index (χ4n) is 2.07. The van der Waals surface area contributed by atoms with Crippen molar-refractivity contribution >= 4 is 29.9 Å². The molecule has 0 saturated carbocycles. The van der Waals surface area contributed by atoms with E-state index in [0.29, 0.717) is 37.1 Å². The van der Waals surface area contributed by atoms with Crippen molar-refractivity contribution in [2.45, 2.75) is 33.4 Å². The third-order valence-electron chi connectivity index (χ3n) is 3.47. The second-order valence-corrected chi connectivity index (χ2v) is 6.01. The van der Waals surface area contributed by atoms with Gasteiger partial charge >= 0.3 is 0 Å². The number of hydrogen-bond acceptors (Lipinski definition) is 3. The van der Waals surface area contributed by atoms with E-state index in [9.17, 15) is 4.39 Å². The van der Waals surface area contributed by atoms with Gasteiger partial charge < -0.3 is 20.1 Å². The highest BCUT2D eigenvalue weighted by atomic mass is 127. The van der Waals surface area contributed by atoms with Crippen LogP contribution in [0.5, 0.6) is 0 Å². The summed E-state index contributed by atoms with van der Waals surface area (Å²) in [5.41, 5.74) is 1.53. The van der Waals surface area contributed by atoms with E-state index in [2.05, 4.69) is 29.5 Å². The van der Waals surface area contributed by atoms with Gasteiger partial charge in [0.25, 0.3) is 0 Å². The fourth-order valence-corrected chi connectivity index (χ4v) is 2.07. The SMILES string of the molecule is CN=C(NCCOCCC(C)C)NCc1ccc(F)c(COC)c1.I. The zero-order valence-electron chi connectivity index (χ0n) is 15.6. The minimum Gasteiger partial charge on any atom is -0.380 e. The Labute approximate surface area is 167 Å². The Bertz CT molecular complexity index is 513. The zero-order valence-corrected chi connectivity index (χ0v) is 17.9. The number of nitrogens with one attached hydrogen (secondary N) is 2. The van der Waals surface area contributed by atoms with Crippen molar-refractivity contribution in [2.24, 2.45) is 10.9 Å². The van der Waals surface area contributed by atoms with Gasteiger partial charge in [-0.3, -0.25) is 4.99 Å². The Hall–Kier alpha value is -0.930. The third-order valence-corrected chi connectivity index (χ3v) is 3.47. The molecule has 1 aromatic carbocycles. The Morgan fingerprint density at radius 3 is 2.64 bits per heavy atom. The van der Waals surface area contributed by atoms with Gasteiger partial charge in [-0.1, -0.05) is 19.9 Å². The van der Waals surface area contributed by atoms with Crippen LogP contribution in [0.1, 0.15) is 31.4 Å². The lowest BCUT2D eigenvalue weighted by Gasteiger charge is -2.13. The standard InChI is InChI=1S/C18H30FN3O2.HI/c1-14(2)7-9-24-10-8-21-18(20-3)22-12-15-5-6-17(19)16(11-15)13-23-4;/h5-6,11,14H,7-10,12-13H2,1-4H3,(H2,20,21,22);1H. The predicted octanol–water partition coefficient (Wildman–Crippen LogP) is 3.32. The molecule has 0 saturated heterocycles.